The van der Waals surface area contributed by atoms with Crippen molar-refractivity contribution in [2.24, 2.45) is 0 Å². The first kappa shape index (κ1) is 15.7. The summed E-state index contributed by atoms with van der Waals surface area (Å²) in [6.45, 7) is -0.117. The maximum atomic E-state index is 13.2. The van der Waals surface area contributed by atoms with Crippen LogP contribution in [-0.2, 0) is 11.9 Å². The number of hydrogen-bond acceptors (Lipinski definition) is 3. The van der Waals surface area contributed by atoms with E-state index in [-0.39, 0.29) is 17.9 Å². The molecule has 0 aliphatic rings. The number of benzene rings is 2. The van der Waals surface area contributed by atoms with Gasteiger partial charge in [-0.3, -0.25) is 10.1 Å². The molecule has 0 radical (unpaired) electrons. The van der Waals surface area contributed by atoms with Crippen molar-refractivity contribution in [3.05, 3.63) is 68.5 Å². The third-order valence-corrected chi connectivity index (χ3v) is 3.75. The maximum absolute atomic E-state index is 13.2. The predicted octanol–water partition coefficient (Wildman–Crippen LogP) is 4.86. The van der Waals surface area contributed by atoms with Crippen LogP contribution < -0.4 is 4.74 Å². The SMILES string of the molecule is O=[N+]([O-])c1ccc(F)cc1COc1cccc(Cl)c1CBr. The van der Waals surface area contributed by atoms with Gasteiger partial charge in [0.1, 0.15) is 18.2 Å². The third-order valence-electron chi connectivity index (χ3n) is 2.83. The minimum absolute atomic E-state index is 0.117. The number of nitrogens with zero attached hydrogens (tertiary/aromatic N) is 1. The summed E-state index contributed by atoms with van der Waals surface area (Å²) in [5, 5.41) is 11.9. The van der Waals surface area contributed by atoms with Crippen LogP contribution in [0.3, 0.4) is 0 Å². The average Bonchev–Trinajstić information content (AvgIpc) is 2.44. The van der Waals surface area contributed by atoms with Gasteiger partial charge in [0.05, 0.1) is 10.5 Å². The van der Waals surface area contributed by atoms with E-state index in [0.717, 1.165) is 23.8 Å². The van der Waals surface area contributed by atoms with E-state index in [1.165, 1.54) is 0 Å². The third kappa shape index (κ3) is 3.71. The zero-order chi connectivity index (χ0) is 15.4. The first-order valence-electron chi connectivity index (χ1n) is 5.92. The highest BCUT2D eigenvalue weighted by molar-refractivity contribution is 9.08. The fraction of sp³-hybridized carbons (Fsp3) is 0.143. The van der Waals surface area contributed by atoms with Crippen LogP contribution in [0.1, 0.15) is 11.1 Å². The molecule has 0 atom stereocenters. The summed E-state index contributed by atoms with van der Waals surface area (Å²) in [5.41, 5.74) is 0.720. The lowest BCUT2D eigenvalue weighted by atomic mass is 10.2. The van der Waals surface area contributed by atoms with Crippen LogP contribution >= 0.6 is 27.5 Å². The molecule has 0 saturated carbocycles. The van der Waals surface area contributed by atoms with Crippen molar-refractivity contribution < 1.29 is 14.1 Å². The second-order valence-corrected chi connectivity index (χ2v) is 5.14. The van der Waals surface area contributed by atoms with Crippen molar-refractivity contribution in [3.8, 4) is 5.75 Å². The van der Waals surface area contributed by atoms with E-state index in [4.69, 9.17) is 16.3 Å². The van der Waals surface area contributed by atoms with Crippen molar-refractivity contribution in [2.45, 2.75) is 11.9 Å². The molecule has 0 aromatic heterocycles. The van der Waals surface area contributed by atoms with Gasteiger partial charge in [0.2, 0.25) is 0 Å². The van der Waals surface area contributed by atoms with Gasteiger partial charge < -0.3 is 4.74 Å². The fourth-order valence-corrected chi connectivity index (χ4v) is 2.78. The van der Waals surface area contributed by atoms with Gasteiger partial charge in [-0.15, -0.1) is 0 Å². The number of halogens is 3. The van der Waals surface area contributed by atoms with Gasteiger partial charge >= 0.3 is 0 Å². The highest BCUT2D eigenvalue weighted by Gasteiger charge is 2.16. The Kier molecular flexibility index (Phi) is 5.14. The molecule has 7 heteroatoms. The van der Waals surface area contributed by atoms with Gasteiger partial charge in [-0.1, -0.05) is 33.6 Å². The van der Waals surface area contributed by atoms with Crippen LogP contribution in [-0.4, -0.2) is 4.92 Å². The Morgan fingerprint density at radius 1 is 1.33 bits per heavy atom. The van der Waals surface area contributed by atoms with E-state index < -0.39 is 10.7 Å². The number of rotatable bonds is 5. The minimum Gasteiger partial charge on any atom is -0.488 e. The normalized spacial score (nSPS) is 10.4. The number of alkyl halides is 1. The van der Waals surface area contributed by atoms with Gasteiger partial charge in [-0.05, 0) is 24.3 Å². The van der Waals surface area contributed by atoms with E-state index in [1.54, 1.807) is 18.2 Å². The summed E-state index contributed by atoms with van der Waals surface area (Å²) in [6, 6.07) is 8.39. The molecule has 2 aromatic carbocycles. The molecule has 0 bridgehead atoms. The molecule has 0 amide bonds. The van der Waals surface area contributed by atoms with Crippen LogP contribution in [0, 0.1) is 15.9 Å². The first-order chi connectivity index (χ1) is 10.0. The quantitative estimate of drug-likeness (QED) is 0.426. The van der Waals surface area contributed by atoms with E-state index in [0.29, 0.717) is 16.1 Å². The lowest BCUT2D eigenvalue weighted by molar-refractivity contribution is -0.385. The molecule has 21 heavy (non-hydrogen) atoms. The lowest BCUT2D eigenvalue weighted by Gasteiger charge is -2.11. The molecule has 0 unspecified atom stereocenters. The Morgan fingerprint density at radius 3 is 2.76 bits per heavy atom. The number of nitro benzene ring substituents is 1. The minimum atomic E-state index is -0.568. The van der Waals surface area contributed by atoms with Crippen LogP contribution in [0.15, 0.2) is 36.4 Å². The second-order valence-electron chi connectivity index (χ2n) is 4.17. The molecule has 2 rings (SSSR count). The number of nitro groups is 1. The Labute approximate surface area is 133 Å². The van der Waals surface area contributed by atoms with E-state index in [2.05, 4.69) is 15.9 Å². The molecule has 0 heterocycles. The van der Waals surface area contributed by atoms with Crippen molar-refractivity contribution in [1.82, 2.24) is 0 Å². The van der Waals surface area contributed by atoms with Gasteiger partial charge in [0, 0.05) is 22.0 Å². The molecule has 0 fully saturated rings. The van der Waals surface area contributed by atoms with Crippen molar-refractivity contribution in [3.63, 3.8) is 0 Å². The van der Waals surface area contributed by atoms with Crippen LogP contribution in [0.25, 0.3) is 0 Å². The van der Waals surface area contributed by atoms with E-state index >= 15 is 0 Å². The van der Waals surface area contributed by atoms with Gasteiger partial charge in [-0.25, -0.2) is 4.39 Å². The second kappa shape index (κ2) is 6.87. The molecule has 0 aliphatic carbocycles. The Balaban J connectivity index is 2.26. The summed E-state index contributed by atoms with van der Waals surface area (Å²) in [5.74, 6) is -0.0519. The largest absolute Gasteiger partial charge is 0.488 e. The van der Waals surface area contributed by atoms with Gasteiger partial charge in [0.25, 0.3) is 5.69 Å². The van der Waals surface area contributed by atoms with Crippen LogP contribution in [0.2, 0.25) is 5.02 Å². The van der Waals surface area contributed by atoms with Crippen molar-refractivity contribution >= 4 is 33.2 Å². The molecule has 0 aliphatic heterocycles. The molecular weight excluding hydrogens is 365 g/mol. The molecule has 0 N–H and O–H groups in total. The summed E-state index contributed by atoms with van der Waals surface area (Å²) >= 11 is 9.34. The maximum Gasteiger partial charge on any atom is 0.276 e. The molecular formula is C14H10BrClFNO3. The molecule has 0 spiro atoms. The first-order valence-corrected chi connectivity index (χ1v) is 7.42. The van der Waals surface area contributed by atoms with Crippen LogP contribution in [0.5, 0.6) is 5.75 Å². The molecule has 110 valence electrons. The summed E-state index contributed by atoms with van der Waals surface area (Å²) in [7, 11) is 0. The topological polar surface area (TPSA) is 52.4 Å². The number of hydrogen-bond donors (Lipinski definition) is 0. The van der Waals surface area contributed by atoms with E-state index in [1.807, 2.05) is 0 Å². The Bertz CT molecular complexity index is 681. The zero-order valence-corrected chi connectivity index (χ0v) is 13.0. The zero-order valence-electron chi connectivity index (χ0n) is 10.7. The standard InChI is InChI=1S/C14H10BrClFNO3/c15-7-11-12(16)2-1-3-14(11)21-8-9-6-10(17)4-5-13(9)18(19)20/h1-6H,7-8H2. The van der Waals surface area contributed by atoms with Gasteiger partial charge in [-0.2, -0.15) is 0 Å². The predicted molar refractivity (Wildman–Crippen MR) is 81.5 cm³/mol. The summed E-state index contributed by atoms with van der Waals surface area (Å²) in [6.07, 6.45) is 0. The lowest BCUT2D eigenvalue weighted by Crippen LogP contribution is -2.02. The fourth-order valence-electron chi connectivity index (χ4n) is 1.81. The monoisotopic (exact) mass is 373 g/mol. The Morgan fingerprint density at radius 2 is 2.10 bits per heavy atom. The van der Waals surface area contributed by atoms with Crippen molar-refractivity contribution in [2.75, 3.05) is 0 Å². The highest BCUT2D eigenvalue weighted by atomic mass is 79.9. The Hall–Kier alpha value is -1.66. The summed E-state index contributed by atoms with van der Waals surface area (Å²) < 4.78 is 18.8. The molecule has 2 aromatic rings. The van der Waals surface area contributed by atoms with Crippen LogP contribution in [0.4, 0.5) is 10.1 Å². The van der Waals surface area contributed by atoms with Gasteiger partial charge in [0.15, 0.2) is 0 Å². The highest BCUT2D eigenvalue weighted by Crippen LogP contribution is 2.30. The summed E-state index contributed by atoms with van der Waals surface area (Å²) in [4.78, 5) is 10.4. The number of ether oxygens (including phenoxy) is 1. The van der Waals surface area contributed by atoms with E-state index in [9.17, 15) is 14.5 Å². The molecule has 4 nitrogen and oxygen atoms in total. The van der Waals surface area contributed by atoms with Crippen molar-refractivity contribution in [1.29, 1.82) is 0 Å². The smallest absolute Gasteiger partial charge is 0.276 e. The average molecular weight is 375 g/mol. The molecule has 0 saturated heterocycles.